The Morgan fingerprint density at radius 2 is 1.84 bits per heavy atom. The van der Waals surface area contributed by atoms with Crippen molar-refractivity contribution < 1.29 is 18.7 Å². The van der Waals surface area contributed by atoms with Gasteiger partial charge in [-0.25, -0.2) is 4.39 Å². The molecule has 3 heterocycles. The fraction of sp³-hybridized carbons (Fsp3) is 0.280. The Labute approximate surface area is 190 Å². The first-order chi connectivity index (χ1) is 15.3. The van der Waals surface area contributed by atoms with Crippen LogP contribution < -0.4 is 5.32 Å². The summed E-state index contributed by atoms with van der Waals surface area (Å²) in [7, 11) is 0. The smallest absolute Gasteiger partial charge is 0.260 e. The van der Waals surface area contributed by atoms with E-state index in [2.05, 4.69) is 5.32 Å². The molecular weight excluding hydrogens is 427 g/mol. The van der Waals surface area contributed by atoms with Crippen molar-refractivity contribution in [1.29, 1.82) is 0 Å². The van der Waals surface area contributed by atoms with Crippen LogP contribution in [0, 0.1) is 5.82 Å². The molecule has 5 rings (SSSR count). The Hall–Kier alpha value is -3.06. The zero-order valence-electron chi connectivity index (χ0n) is 17.9. The van der Waals surface area contributed by atoms with Gasteiger partial charge in [-0.2, -0.15) is 11.8 Å². The largest absolute Gasteiger partial charge is 0.482 e. The topological polar surface area (TPSA) is 58.6 Å². The van der Waals surface area contributed by atoms with E-state index in [1.54, 1.807) is 6.07 Å². The van der Waals surface area contributed by atoms with Gasteiger partial charge in [0.2, 0.25) is 0 Å². The molecule has 0 atom stereocenters. The maximum Gasteiger partial charge on any atom is 0.260 e. The van der Waals surface area contributed by atoms with Crippen molar-refractivity contribution in [2.75, 3.05) is 29.9 Å². The minimum atomic E-state index is -0.666. The lowest BCUT2D eigenvalue weighted by Crippen LogP contribution is -2.37. The van der Waals surface area contributed by atoms with Crippen molar-refractivity contribution in [1.82, 2.24) is 4.90 Å². The molecule has 5 nitrogen and oxygen atoms in total. The summed E-state index contributed by atoms with van der Waals surface area (Å²) in [4.78, 5) is 27.3. The molecule has 3 aliphatic heterocycles. The number of nitrogens with one attached hydrogen (secondary N) is 1. The summed E-state index contributed by atoms with van der Waals surface area (Å²) in [5, 5.41) is 2.71. The van der Waals surface area contributed by atoms with Gasteiger partial charge in [-0.05, 0) is 55.8 Å². The number of fused-ring (bicyclic) bond motifs is 1. The van der Waals surface area contributed by atoms with Gasteiger partial charge in [0.05, 0.1) is 11.3 Å². The quantitative estimate of drug-likeness (QED) is 0.681. The van der Waals surface area contributed by atoms with Gasteiger partial charge in [-0.3, -0.25) is 9.59 Å². The van der Waals surface area contributed by atoms with Gasteiger partial charge >= 0.3 is 0 Å². The zero-order valence-corrected chi connectivity index (χ0v) is 18.7. The first kappa shape index (κ1) is 20.8. The fourth-order valence-corrected chi connectivity index (χ4v) is 5.25. The number of anilines is 1. The third-order valence-electron chi connectivity index (χ3n) is 6.00. The number of hydrogen-bond donors (Lipinski definition) is 1. The van der Waals surface area contributed by atoms with Gasteiger partial charge in [0.1, 0.15) is 17.2 Å². The van der Waals surface area contributed by atoms with Crippen LogP contribution in [0.2, 0.25) is 0 Å². The Balaban J connectivity index is 1.47. The zero-order chi connectivity index (χ0) is 22.5. The molecular formula is C25H23FN2O3S. The summed E-state index contributed by atoms with van der Waals surface area (Å²) in [6.45, 7) is 5.44. The van der Waals surface area contributed by atoms with Crippen LogP contribution in [0.25, 0.3) is 11.1 Å². The number of hydrogen-bond acceptors (Lipinski definition) is 4. The highest BCUT2D eigenvalue weighted by Crippen LogP contribution is 2.44. The van der Waals surface area contributed by atoms with Crippen LogP contribution >= 0.6 is 11.8 Å². The molecule has 2 amide bonds. The summed E-state index contributed by atoms with van der Waals surface area (Å²) in [6.07, 6.45) is 1.87. The number of nitrogens with zero attached hydrogens (tertiary/aromatic N) is 1. The standard InChI is InChI=1S/C25H23FN2O3S/c1-25(2)19(15-3-5-16(6-4-15)24(30)28-9-11-32-12-10-28)14-21(31-25)22-18-8-7-17(26)13-20(18)27-23(22)29/h3-8,13-14H,9-12H2,1-2H3,(H,27,29). The Morgan fingerprint density at radius 1 is 1.12 bits per heavy atom. The molecule has 0 spiro atoms. The maximum atomic E-state index is 13.6. The van der Waals surface area contributed by atoms with Crippen LogP contribution in [0.5, 0.6) is 0 Å². The number of thioether (sulfide) groups is 1. The molecule has 2 aromatic rings. The number of carbonyl (C=O) groups is 2. The molecule has 1 saturated heterocycles. The number of ether oxygens (including phenoxy) is 1. The van der Waals surface area contributed by atoms with Gasteiger partial charge in [0.15, 0.2) is 0 Å². The van der Waals surface area contributed by atoms with Gasteiger partial charge in [0, 0.05) is 41.3 Å². The van der Waals surface area contributed by atoms with Crippen LogP contribution in [0.4, 0.5) is 10.1 Å². The third-order valence-corrected chi connectivity index (χ3v) is 6.95. The molecule has 2 aromatic carbocycles. The fourth-order valence-electron chi connectivity index (χ4n) is 4.35. The van der Waals surface area contributed by atoms with E-state index >= 15 is 0 Å². The molecule has 164 valence electrons. The number of rotatable bonds is 2. The number of amides is 2. The lowest BCUT2D eigenvalue weighted by Gasteiger charge is -2.27. The van der Waals surface area contributed by atoms with E-state index in [0.29, 0.717) is 28.1 Å². The van der Waals surface area contributed by atoms with Crippen LogP contribution in [0.1, 0.15) is 35.3 Å². The van der Waals surface area contributed by atoms with Gasteiger partial charge < -0.3 is 15.0 Å². The molecule has 0 unspecified atom stereocenters. The Morgan fingerprint density at radius 3 is 2.56 bits per heavy atom. The normalized spacial score (nSPS) is 21.7. The van der Waals surface area contributed by atoms with Crippen LogP contribution in [-0.4, -0.2) is 46.9 Å². The van der Waals surface area contributed by atoms with E-state index in [1.165, 1.54) is 12.1 Å². The third kappa shape index (κ3) is 3.60. The second-order valence-electron chi connectivity index (χ2n) is 8.54. The van der Waals surface area contributed by atoms with Gasteiger partial charge in [-0.1, -0.05) is 12.1 Å². The highest BCUT2D eigenvalue weighted by Gasteiger charge is 2.38. The highest BCUT2D eigenvalue weighted by molar-refractivity contribution is 7.99. The molecule has 0 saturated carbocycles. The molecule has 1 N–H and O–H groups in total. The van der Waals surface area contributed by atoms with E-state index in [4.69, 9.17) is 4.74 Å². The molecule has 0 bridgehead atoms. The average molecular weight is 451 g/mol. The predicted octanol–water partition coefficient (Wildman–Crippen LogP) is 4.57. The van der Waals surface area contributed by atoms with E-state index in [1.807, 2.05) is 60.9 Å². The molecule has 3 aliphatic rings. The van der Waals surface area contributed by atoms with E-state index < -0.39 is 11.4 Å². The van der Waals surface area contributed by atoms with E-state index in [-0.39, 0.29) is 11.8 Å². The van der Waals surface area contributed by atoms with Crippen molar-refractivity contribution >= 4 is 40.4 Å². The van der Waals surface area contributed by atoms with Crippen molar-refractivity contribution in [3.05, 3.63) is 76.8 Å². The minimum absolute atomic E-state index is 0.0574. The average Bonchev–Trinajstić information content (AvgIpc) is 3.28. The first-order valence-electron chi connectivity index (χ1n) is 10.6. The summed E-state index contributed by atoms with van der Waals surface area (Å²) in [6, 6.07) is 11.8. The van der Waals surface area contributed by atoms with E-state index in [9.17, 15) is 14.0 Å². The summed E-state index contributed by atoms with van der Waals surface area (Å²) in [5.74, 6) is 1.75. The number of halogens is 1. The van der Waals surface area contributed by atoms with Crippen molar-refractivity contribution in [2.24, 2.45) is 0 Å². The first-order valence-corrected chi connectivity index (χ1v) is 11.7. The highest BCUT2D eigenvalue weighted by atomic mass is 32.2. The predicted molar refractivity (Wildman–Crippen MR) is 125 cm³/mol. The summed E-state index contributed by atoms with van der Waals surface area (Å²) >= 11 is 1.87. The lowest BCUT2D eigenvalue weighted by atomic mass is 9.91. The summed E-state index contributed by atoms with van der Waals surface area (Å²) in [5.41, 5.74) is 3.31. The number of allylic oxidation sites excluding steroid dienone is 1. The second-order valence-corrected chi connectivity index (χ2v) is 9.76. The SMILES string of the molecule is CC1(C)OC(=C2C(=O)Nc3cc(F)ccc32)C=C1c1ccc(C(=O)N2CCSCC2)cc1. The Kier molecular flexibility index (Phi) is 5.08. The molecule has 1 fully saturated rings. The molecule has 0 radical (unpaired) electrons. The van der Waals surface area contributed by atoms with E-state index in [0.717, 1.165) is 35.7 Å². The number of benzene rings is 2. The molecule has 7 heteroatoms. The number of carbonyl (C=O) groups excluding carboxylic acids is 2. The lowest BCUT2D eigenvalue weighted by molar-refractivity contribution is -0.111. The molecule has 32 heavy (non-hydrogen) atoms. The minimum Gasteiger partial charge on any atom is -0.482 e. The van der Waals surface area contributed by atoms with Crippen LogP contribution in [-0.2, 0) is 9.53 Å². The molecule has 0 aromatic heterocycles. The monoisotopic (exact) mass is 450 g/mol. The van der Waals surface area contributed by atoms with Crippen LogP contribution in [0.15, 0.2) is 54.3 Å². The van der Waals surface area contributed by atoms with Crippen molar-refractivity contribution in [2.45, 2.75) is 19.4 Å². The van der Waals surface area contributed by atoms with Crippen LogP contribution in [0.3, 0.4) is 0 Å². The van der Waals surface area contributed by atoms with Crippen molar-refractivity contribution in [3.8, 4) is 0 Å². The second kappa shape index (κ2) is 7.81. The van der Waals surface area contributed by atoms with Crippen molar-refractivity contribution in [3.63, 3.8) is 0 Å². The summed E-state index contributed by atoms with van der Waals surface area (Å²) < 4.78 is 19.8. The maximum absolute atomic E-state index is 13.6. The van der Waals surface area contributed by atoms with Gasteiger partial charge in [-0.15, -0.1) is 0 Å². The molecule has 0 aliphatic carbocycles. The Bertz CT molecular complexity index is 1180. The van der Waals surface area contributed by atoms with Gasteiger partial charge in [0.25, 0.3) is 11.8 Å².